The van der Waals surface area contributed by atoms with Gasteiger partial charge in [-0.1, -0.05) is 28.1 Å². The van der Waals surface area contributed by atoms with Crippen LogP contribution in [0.25, 0.3) is 0 Å². The van der Waals surface area contributed by atoms with Gasteiger partial charge in [0.15, 0.2) is 0 Å². The van der Waals surface area contributed by atoms with E-state index in [1.807, 2.05) is 6.07 Å². The lowest BCUT2D eigenvalue weighted by Gasteiger charge is -2.10. The topological polar surface area (TPSA) is 58.6 Å². The van der Waals surface area contributed by atoms with E-state index in [2.05, 4.69) is 21.2 Å². The van der Waals surface area contributed by atoms with E-state index in [0.29, 0.717) is 17.9 Å². The fourth-order valence-electron chi connectivity index (χ4n) is 1.80. The molecule has 0 aliphatic heterocycles. The van der Waals surface area contributed by atoms with E-state index in [1.54, 1.807) is 36.4 Å². The van der Waals surface area contributed by atoms with E-state index >= 15 is 0 Å². The first-order valence-electron chi connectivity index (χ1n) is 6.00. The van der Waals surface area contributed by atoms with Crippen molar-refractivity contribution >= 4 is 21.8 Å². The summed E-state index contributed by atoms with van der Waals surface area (Å²) < 4.78 is 6.03. The molecule has 104 valence electrons. The van der Waals surface area contributed by atoms with E-state index in [1.165, 1.54) is 7.11 Å². The number of phenols is 1. The number of benzene rings is 2. The minimum Gasteiger partial charge on any atom is -0.508 e. The molecule has 2 rings (SSSR count). The van der Waals surface area contributed by atoms with Crippen LogP contribution in [0.3, 0.4) is 0 Å². The molecule has 0 bridgehead atoms. The van der Waals surface area contributed by atoms with Crippen LogP contribution in [-0.2, 0) is 6.54 Å². The predicted molar refractivity (Wildman–Crippen MR) is 80.0 cm³/mol. The number of carbonyl (C=O) groups excluding carboxylic acids is 1. The molecule has 0 spiro atoms. The number of amides is 1. The fraction of sp³-hybridized carbons (Fsp3) is 0.133. The van der Waals surface area contributed by atoms with Gasteiger partial charge in [0.1, 0.15) is 11.5 Å². The van der Waals surface area contributed by atoms with Gasteiger partial charge < -0.3 is 15.2 Å². The highest BCUT2D eigenvalue weighted by Gasteiger charge is 2.12. The van der Waals surface area contributed by atoms with Crippen LogP contribution in [-0.4, -0.2) is 18.1 Å². The molecule has 0 saturated heterocycles. The quantitative estimate of drug-likeness (QED) is 0.902. The molecule has 2 aromatic rings. The highest BCUT2D eigenvalue weighted by Crippen LogP contribution is 2.23. The minimum atomic E-state index is -0.224. The first kappa shape index (κ1) is 14.4. The van der Waals surface area contributed by atoms with Crippen molar-refractivity contribution in [3.05, 3.63) is 58.1 Å². The standard InChI is InChI=1S/C15H14BrNO3/c1-20-14-8-11(16)5-6-13(14)15(19)17-9-10-3-2-4-12(18)7-10/h2-8,18H,9H2,1H3,(H,17,19). The van der Waals surface area contributed by atoms with Gasteiger partial charge in [-0.15, -0.1) is 0 Å². The molecule has 0 aliphatic rings. The lowest BCUT2D eigenvalue weighted by Crippen LogP contribution is -2.23. The Morgan fingerprint density at radius 3 is 2.80 bits per heavy atom. The zero-order valence-electron chi connectivity index (χ0n) is 10.9. The average molecular weight is 336 g/mol. The summed E-state index contributed by atoms with van der Waals surface area (Å²) in [6.45, 7) is 0.340. The zero-order valence-corrected chi connectivity index (χ0v) is 12.5. The Balaban J connectivity index is 2.09. The maximum Gasteiger partial charge on any atom is 0.255 e. The summed E-state index contributed by atoms with van der Waals surface area (Å²) in [6.07, 6.45) is 0. The van der Waals surface area contributed by atoms with Crippen molar-refractivity contribution in [1.82, 2.24) is 5.32 Å². The normalized spacial score (nSPS) is 10.1. The number of hydrogen-bond acceptors (Lipinski definition) is 3. The molecule has 0 unspecified atom stereocenters. The monoisotopic (exact) mass is 335 g/mol. The Bertz CT molecular complexity index is 628. The summed E-state index contributed by atoms with van der Waals surface area (Å²) in [6, 6.07) is 12.0. The summed E-state index contributed by atoms with van der Waals surface area (Å²) in [5.41, 5.74) is 1.30. The molecule has 0 heterocycles. The summed E-state index contributed by atoms with van der Waals surface area (Å²) in [5.74, 6) is 0.462. The molecular weight excluding hydrogens is 322 g/mol. The largest absolute Gasteiger partial charge is 0.508 e. The summed E-state index contributed by atoms with van der Waals surface area (Å²) in [7, 11) is 1.52. The average Bonchev–Trinajstić information content (AvgIpc) is 2.44. The van der Waals surface area contributed by atoms with Gasteiger partial charge >= 0.3 is 0 Å². The van der Waals surface area contributed by atoms with Crippen LogP contribution in [0.1, 0.15) is 15.9 Å². The lowest BCUT2D eigenvalue weighted by atomic mass is 10.1. The Hall–Kier alpha value is -2.01. The second-order valence-corrected chi connectivity index (χ2v) is 5.11. The van der Waals surface area contributed by atoms with Crippen LogP contribution >= 0.6 is 15.9 Å². The van der Waals surface area contributed by atoms with Crippen molar-refractivity contribution in [2.24, 2.45) is 0 Å². The second kappa shape index (κ2) is 6.43. The van der Waals surface area contributed by atoms with Crippen molar-refractivity contribution in [3.63, 3.8) is 0 Å². The summed E-state index contributed by atoms with van der Waals surface area (Å²) in [5, 5.41) is 12.2. The Morgan fingerprint density at radius 2 is 2.10 bits per heavy atom. The number of aromatic hydroxyl groups is 1. The first-order valence-corrected chi connectivity index (χ1v) is 6.79. The summed E-state index contributed by atoms with van der Waals surface area (Å²) in [4.78, 5) is 12.1. The molecular formula is C15H14BrNO3. The Morgan fingerprint density at radius 1 is 1.30 bits per heavy atom. The van der Waals surface area contributed by atoms with Crippen LogP contribution in [0, 0.1) is 0 Å². The fourth-order valence-corrected chi connectivity index (χ4v) is 2.14. The first-order chi connectivity index (χ1) is 9.60. The maximum absolute atomic E-state index is 12.1. The molecule has 4 nitrogen and oxygen atoms in total. The molecule has 0 aromatic heterocycles. The van der Waals surface area contributed by atoms with Crippen molar-refractivity contribution in [2.75, 3.05) is 7.11 Å². The van der Waals surface area contributed by atoms with E-state index in [-0.39, 0.29) is 11.7 Å². The number of ether oxygens (including phenoxy) is 1. The third kappa shape index (κ3) is 3.51. The van der Waals surface area contributed by atoms with E-state index in [0.717, 1.165) is 10.0 Å². The molecule has 0 radical (unpaired) electrons. The molecule has 0 atom stereocenters. The van der Waals surface area contributed by atoms with Gasteiger partial charge in [0.05, 0.1) is 12.7 Å². The van der Waals surface area contributed by atoms with Gasteiger partial charge in [-0.3, -0.25) is 4.79 Å². The second-order valence-electron chi connectivity index (χ2n) is 4.20. The van der Waals surface area contributed by atoms with Crippen LogP contribution in [0.15, 0.2) is 46.9 Å². The number of rotatable bonds is 4. The number of halogens is 1. The third-order valence-electron chi connectivity index (χ3n) is 2.77. The molecule has 2 N–H and O–H groups in total. The number of nitrogens with one attached hydrogen (secondary N) is 1. The Kier molecular flexibility index (Phi) is 4.63. The molecule has 0 saturated carbocycles. The molecule has 2 aromatic carbocycles. The highest BCUT2D eigenvalue weighted by atomic mass is 79.9. The van der Waals surface area contributed by atoms with Gasteiger partial charge in [0.2, 0.25) is 0 Å². The number of phenolic OH excluding ortho intramolecular Hbond substituents is 1. The van der Waals surface area contributed by atoms with Crippen LogP contribution in [0.4, 0.5) is 0 Å². The van der Waals surface area contributed by atoms with Gasteiger partial charge in [0, 0.05) is 11.0 Å². The number of hydrogen-bond donors (Lipinski definition) is 2. The molecule has 0 aliphatic carbocycles. The Labute approximate surface area is 125 Å². The predicted octanol–water partition coefficient (Wildman–Crippen LogP) is 3.09. The smallest absolute Gasteiger partial charge is 0.255 e. The van der Waals surface area contributed by atoms with Crippen molar-refractivity contribution in [1.29, 1.82) is 0 Å². The van der Waals surface area contributed by atoms with Gasteiger partial charge in [-0.25, -0.2) is 0 Å². The van der Waals surface area contributed by atoms with Crippen LogP contribution in [0.2, 0.25) is 0 Å². The van der Waals surface area contributed by atoms with E-state index in [4.69, 9.17) is 4.74 Å². The van der Waals surface area contributed by atoms with Gasteiger partial charge in [-0.2, -0.15) is 0 Å². The highest BCUT2D eigenvalue weighted by molar-refractivity contribution is 9.10. The molecule has 1 amide bonds. The SMILES string of the molecule is COc1cc(Br)ccc1C(=O)NCc1cccc(O)c1. The van der Waals surface area contributed by atoms with E-state index in [9.17, 15) is 9.90 Å². The van der Waals surface area contributed by atoms with Crippen LogP contribution in [0.5, 0.6) is 11.5 Å². The van der Waals surface area contributed by atoms with Crippen molar-refractivity contribution in [3.8, 4) is 11.5 Å². The third-order valence-corrected chi connectivity index (χ3v) is 3.27. The number of methoxy groups -OCH3 is 1. The number of carbonyl (C=O) groups is 1. The minimum absolute atomic E-state index is 0.179. The van der Waals surface area contributed by atoms with Crippen molar-refractivity contribution in [2.45, 2.75) is 6.54 Å². The van der Waals surface area contributed by atoms with Gasteiger partial charge in [-0.05, 0) is 35.9 Å². The molecule has 20 heavy (non-hydrogen) atoms. The molecule has 5 heteroatoms. The lowest BCUT2D eigenvalue weighted by molar-refractivity contribution is 0.0948. The molecule has 0 fully saturated rings. The maximum atomic E-state index is 12.1. The van der Waals surface area contributed by atoms with E-state index < -0.39 is 0 Å². The van der Waals surface area contributed by atoms with Crippen LogP contribution < -0.4 is 10.1 Å². The summed E-state index contributed by atoms with van der Waals surface area (Å²) >= 11 is 3.33. The zero-order chi connectivity index (χ0) is 14.5. The van der Waals surface area contributed by atoms with Gasteiger partial charge in [0.25, 0.3) is 5.91 Å². The van der Waals surface area contributed by atoms with Crippen molar-refractivity contribution < 1.29 is 14.6 Å².